The summed E-state index contributed by atoms with van der Waals surface area (Å²) in [4.78, 5) is 16.5. The van der Waals surface area contributed by atoms with Crippen LogP contribution in [0.5, 0.6) is 11.5 Å². The number of nitrogens with one attached hydrogen (secondary N) is 1. The highest BCUT2D eigenvalue weighted by Crippen LogP contribution is 2.32. The fourth-order valence-corrected chi connectivity index (χ4v) is 3.07. The number of nitrogen functional groups attached to an aromatic ring is 1. The van der Waals surface area contributed by atoms with Crippen LogP contribution in [0.15, 0.2) is 73.2 Å². The number of rotatable bonds is 3. The minimum atomic E-state index is 0.660. The highest BCUT2D eigenvalue weighted by Gasteiger charge is 2.12. The predicted molar refractivity (Wildman–Crippen MR) is 106 cm³/mol. The van der Waals surface area contributed by atoms with Gasteiger partial charge in [-0.25, -0.2) is 4.98 Å². The molecule has 0 bridgehead atoms. The summed E-state index contributed by atoms with van der Waals surface area (Å²) in [5.41, 5.74) is 10.4. The maximum Gasteiger partial charge on any atom is 0.142 e. The Hall–Kier alpha value is -3.93. The van der Waals surface area contributed by atoms with Crippen molar-refractivity contribution in [3.8, 4) is 22.9 Å². The molecule has 0 atom stereocenters. The van der Waals surface area contributed by atoms with E-state index < -0.39 is 0 Å². The molecule has 3 heterocycles. The largest absolute Gasteiger partial charge is 0.457 e. The molecular formula is C21H15N5O. The van der Waals surface area contributed by atoms with Crippen LogP contribution in [0.25, 0.3) is 33.3 Å². The number of hydrogen-bond acceptors (Lipinski definition) is 5. The highest BCUT2D eigenvalue weighted by molar-refractivity contribution is 5.97. The number of aromatic nitrogens is 4. The van der Waals surface area contributed by atoms with E-state index in [0.29, 0.717) is 17.3 Å². The summed E-state index contributed by atoms with van der Waals surface area (Å²) in [6.45, 7) is 0. The lowest BCUT2D eigenvalue weighted by Gasteiger charge is -2.06. The summed E-state index contributed by atoms with van der Waals surface area (Å²) >= 11 is 0. The number of benzene rings is 2. The van der Waals surface area contributed by atoms with Gasteiger partial charge in [-0.05, 0) is 30.3 Å². The van der Waals surface area contributed by atoms with E-state index in [0.717, 1.165) is 33.2 Å². The number of H-pyrrole nitrogens is 1. The van der Waals surface area contributed by atoms with E-state index in [9.17, 15) is 0 Å². The van der Waals surface area contributed by atoms with Crippen molar-refractivity contribution in [1.29, 1.82) is 0 Å². The van der Waals surface area contributed by atoms with Crippen molar-refractivity contribution in [1.82, 2.24) is 19.9 Å². The molecule has 3 aromatic heterocycles. The third-order valence-corrected chi connectivity index (χ3v) is 4.41. The van der Waals surface area contributed by atoms with Gasteiger partial charge in [0.2, 0.25) is 0 Å². The summed E-state index contributed by atoms with van der Waals surface area (Å²) in [6.07, 6.45) is 5.14. The Bertz CT molecular complexity index is 1260. The summed E-state index contributed by atoms with van der Waals surface area (Å²) in [7, 11) is 0. The van der Waals surface area contributed by atoms with Gasteiger partial charge in [0.25, 0.3) is 0 Å². The predicted octanol–water partition coefficient (Wildman–Crippen LogP) is 4.55. The molecule has 2 aromatic carbocycles. The van der Waals surface area contributed by atoms with Gasteiger partial charge in [-0.2, -0.15) is 0 Å². The third-order valence-electron chi connectivity index (χ3n) is 4.41. The molecule has 3 N–H and O–H groups in total. The van der Waals surface area contributed by atoms with E-state index >= 15 is 0 Å². The average molecular weight is 353 g/mol. The van der Waals surface area contributed by atoms with Crippen LogP contribution in [-0.2, 0) is 0 Å². The number of hydrogen-bond donors (Lipinski definition) is 2. The van der Waals surface area contributed by atoms with Gasteiger partial charge in [0.05, 0.1) is 27.8 Å². The number of imidazole rings is 1. The minimum Gasteiger partial charge on any atom is -0.457 e. The molecule has 130 valence electrons. The zero-order valence-electron chi connectivity index (χ0n) is 14.3. The summed E-state index contributed by atoms with van der Waals surface area (Å²) in [5.74, 6) is 2.13. The monoisotopic (exact) mass is 353 g/mol. The number of pyridine rings is 2. The van der Waals surface area contributed by atoms with Gasteiger partial charge >= 0.3 is 0 Å². The van der Waals surface area contributed by atoms with Crippen molar-refractivity contribution in [2.75, 3.05) is 5.73 Å². The van der Waals surface area contributed by atoms with Crippen LogP contribution in [0, 0.1) is 0 Å². The molecule has 5 aromatic rings. The van der Waals surface area contributed by atoms with Gasteiger partial charge in [-0.3, -0.25) is 9.97 Å². The molecule has 0 saturated carbocycles. The smallest absolute Gasteiger partial charge is 0.142 e. The van der Waals surface area contributed by atoms with Gasteiger partial charge in [0.1, 0.15) is 17.3 Å². The van der Waals surface area contributed by atoms with E-state index in [1.165, 1.54) is 0 Å². The summed E-state index contributed by atoms with van der Waals surface area (Å²) in [5, 5.41) is 0.914. The molecule has 0 aliphatic heterocycles. The second kappa shape index (κ2) is 6.10. The first kappa shape index (κ1) is 15.3. The lowest BCUT2D eigenvalue weighted by Crippen LogP contribution is -1.94. The highest BCUT2D eigenvalue weighted by atomic mass is 16.5. The fourth-order valence-electron chi connectivity index (χ4n) is 3.07. The van der Waals surface area contributed by atoms with Crippen molar-refractivity contribution in [2.45, 2.75) is 0 Å². The van der Waals surface area contributed by atoms with Crippen molar-refractivity contribution >= 4 is 27.6 Å². The molecule has 6 heteroatoms. The van der Waals surface area contributed by atoms with Crippen LogP contribution in [0.2, 0.25) is 0 Å². The Morgan fingerprint density at radius 1 is 0.889 bits per heavy atom. The first-order chi connectivity index (χ1) is 13.3. The van der Waals surface area contributed by atoms with Gasteiger partial charge in [0.15, 0.2) is 0 Å². The van der Waals surface area contributed by atoms with Crippen molar-refractivity contribution in [3.63, 3.8) is 0 Å². The molecule has 0 aliphatic carbocycles. The van der Waals surface area contributed by atoms with E-state index in [1.807, 2.05) is 54.6 Å². The minimum absolute atomic E-state index is 0.660. The second-order valence-electron chi connectivity index (χ2n) is 6.15. The number of ether oxygens (including phenoxy) is 1. The molecule has 0 fully saturated rings. The summed E-state index contributed by atoms with van der Waals surface area (Å²) in [6, 6.07) is 17.1. The van der Waals surface area contributed by atoms with Crippen LogP contribution < -0.4 is 10.5 Å². The van der Waals surface area contributed by atoms with E-state index in [4.69, 9.17) is 10.5 Å². The lowest BCUT2D eigenvalue weighted by molar-refractivity contribution is 0.482. The van der Waals surface area contributed by atoms with Gasteiger partial charge in [-0.1, -0.05) is 18.2 Å². The number of fused-ring (bicyclic) bond motifs is 2. The third kappa shape index (κ3) is 2.73. The number of anilines is 1. The number of para-hydroxylation sites is 1. The first-order valence-corrected chi connectivity index (χ1v) is 8.49. The zero-order chi connectivity index (χ0) is 18.2. The fraction of sp³-hybridized carbons (Fsp3) is 0. The molecule has 27 heavy (non-hydrogen) atoms. The lowest BCUT2D eigenvalue weighted by atomic mass is 10.1. The van der Waals surface area contributed by atoms with Crippen LogP contribution in [0.3, 0.4) is 0 Å². The standard InChI is InChI=1S/C21H15N5O/c22-20-15-3-1-2-4-17(15)24-12-16(20)21-25-18-6-5-14(11-19(18)26-21)27-13-7-9-23-10-8-13/h1-12H,(H2,22,24)(H,25,26). The Balaban J connectivity index is 1.56. The number of nitrogens with two attached hydrogens (primary N) is 1. The van der Waals surface area contributed by atoms with Crippen LogP contribution in [-0.4, -0.2) is 19.9 Å². The van der Waals surface area contributed by atoms with Crippen molar-refractivity contribution < 1.29 is 4.74 Å². The van der Waals surface area contributed by atoms with Gasteiger partial charge < -0.3 is 15.5 Å². The molecular weight excluding hydrogens is 338 g/mol. The number of nitrogens with zero attached hydrogens (tertiary/aromatic N) is 3. The molecule has 0 aliphatic rings. The molecule has 0 unspecified atom stereocenters. The van der Waals surface area contributed by atoms with Crippen molar-refractivity contribution in [3.05, 3.63) is 73.2 Å². The van der Waals surface area contributed by atoms with Crippen LogP contribution >= 0.6 is 0 Å². The Kier molecular flexibility index (Phi) is 3.47. The topological polar surface area (TPSA) is 89.7 Å². The quantitative estimate of drug-likeness (QED) is 0.497. The average Bonchev–Trinajstić information content (AvgIpc) is 3.12. The van der Waals surface area contributed by atoms with E-state index in [2.05, 4.69) is 19.9 Å². The van der Waals surface area contributed by atoms with Crippen LogP contribution in [0.4, 0.5) is 5.69 Å². The van der Waals surface area contributed by atoms with Crippen molar-refractivity contribution in [2.24, 2.45) is 0 Å². The molecule has 0 radical (unpaired) electrons. The molecule has 0 amide bonds. The van der Waals surface area contributed by atoms with E-state index in [1.54, 1.807) is 18.6 Å². The van der Waals surface area contributed by atoms with Gasteiger partial charge in [0, 0.05) is 30.0 Å². The second-order valence-corrected chi connectivity index (χ2v) is 6.15. The van der Waals surface area contributed by atoms with Gasteiger partial charge in [-0.15, -0.1) is 0 Å². The maximum absolute atomic E-state index is 6.37. The molecule has 6 nitrogen and oxygen atoms in total. The van der Waals surface area contributed by atoms with Crippen LogP contribution in [0.1, 0.15) is 0 Å². The molecule has 5 rings (SSSR count). The zero-order valence-corrected chi connectivity index (χ0v) is 14.3. The normalized spacial score (nSPS) is 11.1. The number of aromatic amines is 1. The van der Waals surface area contributed by atoms with E-state index in [-0.39, 0.29) is 0 Å². The Morgan fingerprint density at radius 3 is 2.63 bits per heavy atom. The molecule has 0 spiro atoms. The summed E-state index contributed by atoms with van der Waals surface area (Å²) < 4.78 is 5.86. The molecule has 0 saturated heterocycles. The maximum atomic E-state index is 6.37. The first-order valence-electron chi connectivity index (χ1n) is 8.49. The SMILES string of the molecule is Nc1c(-c2nc3ccc(Oc4ccncc4)cc3[nH]2)cnc2ccccc12. The Labute approximate surface area is 154 Å². The Morgan fingerprint density at radius 2 is 1.74 bits per heavy atom.